The summed E-state index contributed by atoms with van der Waals surface area (Å²) in [6.45, 7) is 12.2. The smallest absolute Gasteiger partial charge is 0.307 e. The van der Waals surface area contributed by atoms with Gasteiger partial charge in [-0.1, -0.05) is 13.8 Å². The fraction of sp³-hybridized carbons (Fsp3) is 0.522. The summed E-state index contributed by atoms with van der Waals surface area (Å²) in [4.78, 5) is 23.0. The average molecular weight is 398 g/mol. The topological polar surface area (TPSA) is 75.6 Å². The molecule has 156 valence electrons. The molecule has 0 atom stereocenters. The molecule has 0 amide bonds. The van der Waals surface area contributed by atoms with Crippen LogP contribution in [0.1, 0.15) is 51.8 Å². The molecule has 3 rings (SSSR count). The van der Waals surface area contributed by atoms with Gasteiger partial charge in [-0.05, 0) is 51.2 Å². The van der Waals surface area contributed by atoms with Gasteiger partial charge in [0.25, 0.3) is 0 Å². The minimum atomic E-state index is -0.848. The van der Waals surface area contributed by atoms with E-state index in [2.05, 4.69) is 28.7 Å². The second-order valence-corrected chi connectivity index (χ2v) is 8.85. The van der Waals surface area contributed by atoms with Gasteiger partial charge in [0, 0.05) is 36.1 Å². The van der Waals surface area contributed by atoms with Gasteiger partial charge >= 0.3 is 5.97 Å². The third-order valence-electron chi connectivity index (χ3n) is 5.51. The summed E-state index contributed by atoms with van der Waals surface area (Å²) in [5.41, 5.74) is 4.46. The molecule has 0 saturated carbocycles. The van der Waals surface area contributed by atoms with Gasteiger partial charge in [0.15, 0.2) is 0 Å². The number of anilines is 1. The van der Waals surface area contributed by atoms with Crippen molar-refractivity contribution in [3.05, 3.63) is 35.8 Å². The number of carboxylic acids is 1. The second kappa shape index (κ2) is 8.39. The fourth-order valence-corrected chi connectivity index (χ4v) is 3.76. The lowest BCUT2D eigenvalue weighted by Crippen LogP contribution is -2.38. The van der Waals surface area contributed by atoms with Crippen LogP contribution in [0, 0.1) is 12.3 Å². The Morgan fingerprint density at radius 3 is 2.45 bits per heavy atom. The first-order chi connectivity index (χ1) is 13.7. The SMILES string of the molecule is Cc1ncc(-c2ccc(OC(C)C)cn2)c(N2CCC(C)(C)CC2)c1CC(=O)O. The molecule has 6 nitrogen and oxygen atoms in total. The fourth-order valence-electron chi connectivity index (χ4n) is 3.76. The summed E-state index contributed by atoms with van der Waals surface area (Å²) in [6, 6.07) is 3.83. The minimum absolute atomic E-state index is 0.0452. The number of ether oxygens (including phenoxy) is 1. The maximum atomic E-state index is 11.6. The van der Waals surface area contributed by atoms with Crippen LogP contribution >= 0.6 is 0 Å². The van der Waals surface area contributed by atoms with Crippen LogP contribution < -0.4 is 9.64 Å². The molecule has 0 unspecified atom stereocenters. The Hall–Kier alpha value is -2.63. The first-order valence-electron chi connectivity index (χ1n) is 10.2. The van der Waals surface area contributed by atoms with Gasteiger partial charge in [-0.15, -0.1) is 0 Å². The number of aliphatic carboxylic acids is 1. The lowest BCUT2D eigenvalue weighted by atomic mass is 9.82. The summed E-state index contributed by atoms with van der Waals surface area (Å²) in [7, 11) is 0. The van der Waals surface area contributed by atoms with Gasteiger partial charge in [0.1, 0.15) is 5.75 Å². The second-order valence-electron chi connectivity index (χ2n) is 8.85. The first kappa shape index (κ1) is 21.1. The summed E-state index contributed by atoms with van der Waals surface area (Å²) < 4.78 is 5.70. The summed E-state index contributed by atoms with van der Waals surface area (Å²) in [6.07, 6.45) is 5.70. The largest absolute Gasteiger partial charge is 0.489 e. The molecule has 6 heteroatoms. The van der Waals surface area contributed by atoms with Crippen molar-refractivity contribution in [3.63, 3.8) is 0 Å². The molecule has 1 aliphatic heterocycles. The minimum Gasteiger partial charge on any atom is -0.489 e. The maximum Gasteiger partial charge on any atom is 0.307 e. The van der Waals surface area contributed by atoms with Gasteiger partial charge in [-0.25, -0.2) is 0 Å². The number of aryl methyl sites for hydroxylation is 1. The molecule has 0 spiro atoms. The molecule has 1 aliphatic rings. The van der Waals surface area contributed by atoms with Crippen molar-refractivity contribution in [2.24, 2.45) is 5.41 Å². The van der Waals surface area contributed by atoms with Crippen LogP contribution in [0.4, 0.5) is 5.69 Å². The van der Waals surface area contributed by atoms with Crippen molar-refractivity contribution in [1.29, 1.82) is 0 Å². The number of hydrogen-bond acceptors (Lipinski definition) is 5. The Balaban J connectivity index is 2.05. The van der Waals surface area contributed by atoms with Crippen LogP contribution in [-0.4, -0.2) is 40.2 Å². The Labute approximate surface area is 172 Å². The molecule has 29 heavy (non-hydrogen) atoms. The van der Waals surface area contributed by atoms with Crippen molar-refractivity contribution < 1.29 is 14.6 Å². The highest BCUT2D eigenvalue weighted by Crippen LogP contribution is 2.39. The molecule has 0 aromatic carbocycles. The van der Waals surface area contributed by atoms with Gasteiger partial charge in [0.2, 0.25) is 0 Å². The number of carbonyl (C=O) groups is 1. The average Bonchev–Trinajstić information content (AvgIpc) is 2.64. The van der Waals surface area contributed by atoms with Crippen molar-refractivity contribution in [2.75, 3.05) is 18.0 Å². The number of piperidine rings is 1. The lowest BCUT2D eigenvalue weighted by molar-refractivity contribution is -0.136. The van der Waals surface area contributed by atoms with E-state index < -0.39 is 5.97 Å². The van der Waals surface area contributed by atoms with E-state index >= 15 is 0 Å². The first-order valence-corrected chi connectivity index (χ1v) is 10.2. The van der Waals surface area contributed by atoms with Crippen LogP contribution in [0.25, 0.3) is 11.3 Å². The zero-order valence-electron chi connectivity index (χ0n) is 18.0. The van der Waals surface area contributed by atoms with Crippen LogP contribution in [0.3, 0.4) is 0 Å². The van der Waals surface area contributed by atoms with Crippen molar-refractivity contribution in [3.8, 4) is 17.0 Å². The normalized spacial score (nSPS) is 16.1. The molecule has 0 bridgehead atoms. The monoisotopic (exact) mass is 397 g/mol. The van der Waals surface area contributed by atoms with E-state index in [1.165, 1.54) is 0 Å². The lowest BCUT2D eigenvalue weighted by Gasteiger charge is -2.40. The Kier molecular flexibility index (Phi) is 6.10. The summed E-state index contributed by atoms with van der Waals surface area (Å²) >= 11 is 0. The number of aromatic nitrogens is 2. The van der Waals surface area contributed by atoms with Gasteiger partial charge in [-0.2, -0.15) is 0 Å². The van der Waals surface area contributed by atoms with Crippen LogP contribution in [0.5, 0.6) is 5.75 Å². The van der Waals surface area contributed by atoms with Crippen LogP contribution in [-0.2, 0) is 11.2 Å². The van der Waals surface area contributed by atoms with E-state index in [0.717, 1.165) is 59.9 Å². The Bertz CT molecular complexity index is 866. The zero-order chi connectivity index (χ0) is 21.2. The van der Waals surface area contributed by atoms with Crippen LogP contribution in [0.2, 0.25) is 0 Å². The van der Waals surface area contributed by atoms with Gasteiger partial charge in [0.05, 0.1) is 30.1 Å². The third-order valence-corrected chi connectivity index (χ3v) is 5.51. The number of carboxylic acid groups (broad SMARTS) is 1. The molecule has 1 fully saturated rings. The van der Waals surface area contributed by atoms with E-state index in [4.69, 9.17) is 4.74 Å². The summed E-state index contributed by atoms with van der Waals surface area (Å²) in [5.74, 6) is -0.130. The molecular formula is C23H31N3O3. The standard InChI is InChI=1S/C23H31N3O3/c1-15(2)29-17-6-7-20(25-13-17)19-14-24-16(3)18(12-21(27)28)22(19)26-10-8-23(4,5)9-11-26/h6-7,13-15H,8-12H2,1-5H3,(H,27,28). The molecule has 0 aliphatic carbocycles. The molecule has 2 aromatic rings. The molecule has 2 aromatic heterocycles. The molecule has 0 radical (unpaired) electrons. The van der Waals surface area contributed by atoms with E-state index in [1.54, 1.807) is 6.20 Å². The number of nitrogens with zero attached hydrogens (tertiary/aromatic N) is 3. The zero-order valence-corrected chi connectivity index (χ0v) is 18.0. The number of pyridine rings is 2. The van der Waals surface area contributed by atoms with Gasteiger partial charge < -0.3 is 14.7 Å². The van der Waals surface area contributed by atoms with Gasteiger partial charge in [-0.3, -0.25) is 14.8 Å². The van der Waals surface area contributed by atoms with E-state index in [-0.39, 0.29) is 12.5 Å². The molecule has 3 heterocycles. The molecule has 1 N–H and O–H groups in total. The molecule has 1 saturated heterocycles. The highest BCUT2D eigenvalue weighted by molar-refractivity contribution is 5.83. The third kappa shape index (κ3) is 5.05. The van der Waals surface area contributed by atoms with Crippen molar-refractivity contribution in [2.45, 2.75) is 60.0 Å². The van der Waals surface area contributed by atoms with Crippen molar-refractivity contribution >= 4 is 11.7 Å². The van der Waals surface area contributed by atoms with E-state index in [1.807, 2.05) is 39.1 Å². The van der Waals surface area contributed by atoms with Crippen LogP contribution in [0.15, 0.2) is 24.5 Å². The highest BCUT2D eigenvalue weighted by atomic mass is 16.5. The van der Waals surface area contributed by atoms with E-state index in [0.29, 0.717) is 5.41 Å². The number of rotatable bonds is 6. The highest BCUT2D eigenvalue weighted by Gasteiger charge is 2.29. The predicted molar refractivity (Wildman–Crippen MR) is 115 cm³/mol. The maximum absolute atomic E-state index is 11.6. The Morgan fingerprint density at radius 1 is 1.21 bits per heavy atom. The number of hydrogen-bond donors (Lipinski definition) is 1. The predicted octanol–water partition coefficient (Wildman–Crippen LogP) is 4.49. The van der Waals surface area contributed by atoms with Crippen molar-refractivity contribution in [1.82, 2.24) is 9.97 Å². The Morgan fingerprint density at radius 2 is 1.90 bits per heavy atom. The molecular weight excluding hydrogens is 366 g/mol. The summed E-state index contributed by atoms with van der Waals surface area (Å²) in [5, 5.41) is 9.50. The quantitative estimate of drug-likeness (QED) is 0.774. The van der Waals surface area contributed by atoms with E-state index in [9.17, 15) is 9.90 Å².